The Kier molecular flexibility index (Phi) is 4.82. The summed E-state index contributed by atoms with van der Waals surface area (Å²) in [5.41, 5.74) is 0.311. The molecular weight excluding hydrogens is 308 g/mol. The van der Waals surface area contributed by atoms with Crippen molar-refractivity contribution in [1.82, 2.24) is 10.6 Å². The summed E-state index contributed by atoms with van der Waals surface area (Å²) in [6.45, 7) is 3.01. The first-order chi connectivity index (χ1) is 9.08. The molecule has 1 saturated heterocycles. The Morgan fingerprint density at radius 2 is 2.32 bits per heavy atom. The Hall–Kier alpha value is -1.07. The van der Waals surface area contributed by atoms with E-state index in [0.29, 0.717) is 11.6 Å². The zero-order valence-electron chi connectivity index (χ0n) is 10.9. The number of phenols is 1. The van der Waals surface area contributed by atoms with Gasteiger partial charge in [-0.1, -0.05) is 22.4 Å². The number of carbonyl (C=O) groups is 1. The molecule has 19 heavy (non-hydrogen) atoms. The van der Waals surface area contributed by atoms with Crippen LogP contribution < -0.4 is 10.6 Å². The molecule has 0 saturated carbocycles. The Morgan fingerprint density at radius 3 is 2.95 bits per heavy atom. The molecule has 1 fully saturated rings. The lowest BCUT2D eigenvalue weighted by Crippen LogP contribution is -2.50. The number of carbonyl (C=O) groups excluding carboxylic acids is 1. The molecule has 1 aromatic rings. The molecule has 2 unspecified atom stereocenters. The molecule has 0 bridgehead atoms. The third-order valence-electron chi connectivity index (χ3n) is 3.52. The van der Waals surface area contributed by atoms with E-state index in [1.807, 2.05) is 6.92 Å². The lowest BCUT2D eigenvalue weighted by molar-refractivity contribution is 0.0925. The first-order valence-electron chi connectivity index (χ1n) is 6.60. The van der Waals surface area contributed by atoms with Gasteiger partial charge in [-0.3, -0.25) is 4.79 Å². The number of aromatic hydroxyl groups is 1. The molecule has 1 heterocycles. The van der Waals surface area contributed by atoms with Crippen LogP contribution in [0.2, 0.25) is 0 Å². The Balaban J connectivity index is 1.99. The van der Waals surface area contributed by atoms with Crippen LogP contribution in [0, 0.1) is 0 Å². The van der Waals surface area contributed by atoms with E-state index in [9.17, 15) is 9.90 Å². The third-order valence-corrected chi connectivity index (χ3v) is 4.01. The zero-order valence-corrected chi connectivity index (χ0v) is 12.5. The summed E-state index contributed by atoms with van der Waals surface area (Å²) in [6.07, 6.45) is 3.47. The van der Waals surface area contributed by atoms with Crippen LogP contribution in [0.25, 0.3) is 0 Å². The molecule has 2 rings (SSSR count). The minimum absolute atomic E-state index is 0.00400. The maximum atomic E-state index is 12.1. The molecule has 0 aliphatic carbocycles. The van der Waals surface area contributed by atoms with Crippen LogP contribution in [0.5, 0.6) is 5.75 Å². The van der Waals surface area contributed by atoms with Crippen LogP contribution in [-0.2, 0) is 0 Å². The summed E-state index contributed by atoms with van der Waals surface area (Å²) < 4.78 is 0.753. The predicted octanol–water partition coefficient (Wildman–Crippen LogP) is 2.42. The van der Waals surface area contributed by atoms with Gasteiger partial charge in [0.15, 0.2) is 0 Å². The van der Waals surface area contributed by atoms with Crippen molar-refractivity contribution in [1.29, 1.82) is 0 Å². The summed E-state index contributed by atoms with van der Waals surface area (Å²) in [7, 11) is 0. The van der Waals surface area contributed by atoms with Crippen LogP contribution in [0.1, 0.15) is 36.5 Å². The van der Waals surface area contributed by atoms with Crippen LogP contribution in [0.15, 0.2) is 22.7 Å². The number of benzene rings is 1. The van der Waals surface area contributed by atoms with E-state index in [2.05, 4.69) is 26.6 Å². The van der Waals surface area contributed by atoms with Gasteiger partial charge in [-0.25, -0.2) is 0 Å². The van der Waals surface area contributed by atoms with Crippen LogP contribution in [-0.4, -0.2) is 29.6 Å². The molecule has 1 aliphatic rings. The molecule has 104 valence electrons. The molecule has 0 radical (unpaired) electrons. The Morgan fingerprint density at radius 1 is 1.53 bits per heavy atom. The number of hydrogen-bond donors (Lipinski definition) is 3. The van der Waals surface area contributed by atoms with Gasteiger partial charge in [0.25, 0.3) is 5.91 Å². The molecule has 1 amide bonds. The third kappa shape index (κ3) is 3.70. The van der Waals surface area contributed by atoms with Crippen molar-refractivity contribution in [3.8, 4) is 5.75 Å². The summed E-state index contributed by atoms with van der Waals surface area (Å²) in [4.78, 5) is 12.1. The van der Waals surface area contributed by atoms with Crippen molar-refractivity contribution >= 4 is 21.8 Å². The van der Waals surface area contributed by atoms with Crippen LogP contribution in [0.3, 0.4) is 0 Å². The van der Waals surface area contributed by atoms with Gasteiger partial charge >= 0.3 is 0 Å². The highest BCUT2D eigenvalue weighted by molar-refractivity contribution is 9.10. The molecular formula is C14H19BrN2O2. The largest absolute Gasteiger partial charge is 0.507 e. The van der Waals surface area contributed by atoms with Crippen molar-refractivity contribution < 1.29 is 9.90 Å². The number of phenolic OH excluding ortho intramolecular Hbond substituents is 1. The molecule has 0 aromatic heterocycles. The van der Waals surface area contributed by atoms with Crippen molar-refractivity contribution in [3.63, 3.8) is 0 Å². The van der Waals surface area contributed by atoms with Gasteiger partial charge in [-0.05, 0) is 44.5 Å². The second-order valence-electron chi connectivity index (χ2n) is 4.98. The molecule has 2 atom stereocenters. The smallest absolute Gasteiger partial charge is 0.255 e. The maximum absolute atomic E-state index is 12.1. The highest BCUT2D eigenvalue weighted by atomic mass is 79.9. The van der Waals surface area contributed by atoms with E-state index in [1.165, 1.54) is 18.9 Å². The molecule has 1 aliphatic heterocycles. The maximum Gasteiger partial charge on any atom is 0.255 e. The fraction of sp³-hybridized carbons (Fsp3) is 0.500. The fourth-order valence-electron chi connectivity index (χ4n) is 2.39. The van der Waals surface area contributed by atoms with Crippen molar-refractivity contribution in [2.24, 2.45) is 0 Å². The van der Waals surface area contributed by atoms with E-state index in [1.54, 1.807) is 12.1 Å². The highest BCUT2D eigenvalue weighted by Crippen LogP contribution is 2.22. The summed E-state index contributed by atoms with van der Waals surface area (Å²) in [5, 5.41) is 16.1. The SMILES string of the molecule is CC(NC(=O)c1ccc(Br)cc1O)C1CCCCN1. The van der Waals surface area contributed by atoms with Gasteiger partial charge in [0.1, 0.15) is 5.75 Å². The summed E-state index contributed by atoms with van der Waals surface area (Å²) in [5.74, 6) is -0.236. The lowest BCUT2D eigenvalue weighted by atomic mass is 9.99. The Bertz CT molecular complexity index is 459. The second-order valence-corrected chi connectivity index (χ2v) is 5.90. The number of rotatable bonds is 3. The van der Waals surface area contributed by atoms with Gasteiger partial charge in [0.05, 0.1) is 5.56 Å². The summed E-state index contributed by atoms with van der Waals surface area (Å²) >= 11 is 3.26. The van der Waals surface area contributed by atoms with E-state index < -0.39 is 0 Å². The van der Waals surface area contributed by atoms with Gasteiger partial charge in [0.2, 0.25) is 0 Å². The van der Waals surface area contributed by atoms with Gasteiger partial charge in [-0.15, -0.1) is 0 Å². The van der Waals surface area contributed by atoms with Crippen molar-refractivity contribution in [3.05, 3.63) is 28.2 Å². The molecule has 3 N–H and O–H groups in total. The van der Waals surface area contributed by atoms with Gasteiger partial charge in [-0.2, -0.15) is 0 Å². The predicted molar refractivity (Wildman–Crippen MR) is 78.4 cm³/mol. The molecule has 4 nitrogen and oxygen atoms in total. The summed E-state index contributed by atoms with van der Waals surface area (Å²) in [6, 6.07) is 5.26. The minimum Gasteiger partial charge on any atom is -0.507 e. The second kappa shape index (κ2) is 6.39. The molecule has 0 spiro atoms. The van der Waals surface area contributed by atoms with E-state index in [4.69, 9.17) is 0 Å². The average molecular weight is 327 g/mol. The van der Waals surface area contributed by atoms with Gasteiger partial charge in [0, 0.05) is 16.6 Å². The number of nitrogens with one attached hydrogen (secondary N) is 2. The minimum atomic E-state index is -0.232. The number of halogens is 1. The Labute approximate surface area is 121 Å². The topological polar surface area (TPSA) is 61.4 Å². The van der Waals surface area contributed by atoms with E-state index in [-0.39, 0.29) is 17.7 Å². The first-order valence-corrected chi connectivity index (χ1v) is 7.40. The van der Waals surface area contributed by atoms with E-state index >= 15 is 0 Å². The number of amides is 1. The van der Waals surface area contributed by atoms with Gasteiger partial charge < -0.3 is 15.7 Å². The average Bonchev–Trinajstić information content (AvgIpc) is 2.39. The van der Waals surface area contributed by atoms with Crippen LogP contribution >= 0.6 is 15.9 Å². The highest BCUT2D eigenvalue weighted by Gasteiger charge is 2.22. The standard InChI is InChI=1S/C14H19BrN2O2/c1-9(12-4-2-3-7-16-12)17-14(19)11-6-5-10(15)8-13(11)18/h5-6,8-9,12,16,18H,2-4,7H2,1H3,(H,17,19). The molecule has 1 aromatic carbocycles. The normalized spacial score (nSPS) is 20.8. The quantitative estimate of drug-likeness (QED) is 0.799. The molecule has 5 heteroatoms. The fourth-order valence-corrected chi connectivity index (χ4v) is 2.74. The number of hydrogen-bond acceptors (Lipinski definition) is 3. The lowest BCUT2D eigenvalue weighted by Gasteiger charge is -2.29. The van der Waals surface area contributed by atoms with Crippen molar-refractivity contribution in [2.45, 2.75) is 38.3 Å². The number of piperidine rings is 1. The van der Waals surface area contributed by atoms with E-state index in [0.717, 1.165) is 17.4 Å². The van der Waals surface area contributed by atoms with Crippen LogP contribution in [0.4, 0.5) is 0 Å². The van der Waals surface area contributed by atoms with Crippen molar-refractivity contribution in [2.75, 3.05) is 6.54 Å². The zero-order chi connectivity index (χ0) is 13.8. The first kappa shape index (κ1) is 14.3. The monoisotopic (exact) mass is 326 g/mol.